The monoisotopic (exact) mass is 925 g/mol. The molecule has 315 valence electrons. The fourth-order valence-electron chi connectivity index (χ4n) is 10.2. The molecule has 2 nitrogen and oxygen atoms in total. The van der Waals surface area contributed by atoms with Crippen LogP contribution < -0.4 is 24.8 Å². The second-order valence-electron chi connectivity index (χ2n) is 20.1. The van der Waals surface area contributed by atoms with Crippen LogP contribution >= 0.6 is 0 Å². The molecule has 5 heteroatoms. The molecule has 0 aliphatic heterocycles. The van der Waals surface area contributed by atoms with E-state index in [4.69, 9.17) is 8.83 Å². The molecule has 0 saturated heterocycles. The van der Waals surface area contributed by atoms with Crippen molar-refractivity contribution in [3.63, 3.8) is 0 Å². The quantitative estimate of drug-likeness (QED) is 0.160. The molecule has 0 amide bonds. The van der Waals surface area contributed by atoms with E-state index in [1.54, 1.807) is 0 Å². The van der Waals surface area contributed by atoms with Gasteiger partial charge in [0.25, 0.3) is 0 Å². The number of hydrogen-bond donors (Lipinski definition) is 0. The van der Waals surface area contributed by atoms with Crippen LogP contribution in [0.4, 0.5) is 0 Å². The molecule has 0 bridgehead atoms. The summed E-state index contributed by atoms with van der Waals surface area (Å²) in [4.78, 5) is 0. The van der Waals surface area contributed by atoms with Gasteiger partial charge in [-0.2, -0.15) is 0 Å². The molecule has 2 heterocycles. The first-order valence-electron chi connectivity index (χ1n) is 21.9. The van der Waals surface area contributed by atoms with Gasteiger partial charge in [-0.15, -0.1) is 0 Å². The Kier molecular flexibility index (Phi) is 12.5. The molecule has 0 spiro atoms. The fourth-order valence-corrected chi connectivity index (χ4v) is 21.8. The standard InChI is InChI=1S/2C26H27O.C4H7.2ClH.Zr/c2*1-16-13-20-14-21(24-12-7-17(2)27-24)15-23(20)25(18(16)3)19-8-10-22(11-9-19)26(4,5)6;1-2-4-3-1;;;/h2*7-15H,1-6H3;1H,2-4H2;2*1H;/q;;;;;+2/p-2. The smallest absolute Gasteiger partial charge is 1.00 e. The summed E-state index contributed by atoms with van der Waals surface area (Å²) >= 11 is -2.78. The van der Waals surface area contributed by atoms with Crippen molar-refractivity contribution in [2.75, 3.05) is 0 Å². The summed E-state index contributed by atoms with van der Waals surface area (Å²) in [7, 11) is 0. The number of aryl methyl sites for hydroxylation is 4. The summed E-state index contributed by atoms with van der Waals surface area (Å²) in [5.74, 6) is 4.03. The molecule has 4 aromatic carbocycles. The van der Waals surface area contributed by atoms with Crippen LogP contribution in [0.3, 0.4) is 0 Å². The molecular formula is C56H61Cl2O2Zr. The number of furan rings is 2. The molecule has 9 rings (SSSR count). The maximum absolute atomic E-state index is 6.69. The van der Waals surface area contributed by atoms with Gasteiger partial charge in [0.2, 0.25) is 0 Å². The fraction of sp³-hybridized carbons (Fsp3) is 0.357. The number of benzene rings is 4. The molecule has 61 heavy (non-hydrogen) atoms. The van der Waals surface area contributed by atoms with Crippen molar-refractivity contribution in [3.8, 4) is 22.3 Å². The van der Waals surface area contributed by atoms with Gasteiger partial charge in [0, 0.05) is 0 Å². The van der Waals surface area contributed by atoms with Crippen LogP contribution in [0.25, 0.3) is 45.6 Å². The third kappa shape index (κ3) is 8.00. The van der Waals surface area contributed by atoms with Crippen molar-refractivity contribution in [2.45, 2.75) is 124 Å². The van der Waals surface area contributed by atoms with Gasteiger partial charge >= 0.3 is 364 Å². The van der Waals surface area contributed by atoms with Crippen molar-refractivity contribution in [1.29, 1.82) is 0 Å². The zero-order valence-corrected chi connectivity index (χ0v) is 42.1. The molecule has 2 unspecified atom stereocenters. The number of halogens is 2. The SMILES string of the molecule is Cc1ccc(C2=Cc3c(cc(C)c(C)c3-c3ccc(C(C)(C)C)cc3)[CH]2[Zr+2]([CH]2CCC2)[CH]2C(c3ccc(C)o3)=Cc3c2cc(C)c(C)c3-c2ccc(C(C)(C)C)cc2)o1.[Cl-].[Cl-]. The molecule has 3 aliphatic carbocycles. The van der Waals surface area contributed by atoms with Gasteiger partial charge in [-0.1, -0.05) is 0 Å². The average molecular weight is 928 g/mol. The minimum absolute atomic E-state index is 0. The molecule has 6 aromatic rings. The Hall–Kier alpha value is -3.62. The van der Waals surface area contributed by atoms with Crippen LogP contribution in [0.1, 0.15) is 147 Å². The molecular weight excluding hydrogens is 867 g/mol. The Morgan fingerprint density at radius 3 is 1.18 bits per heavy atom. The molecule has 2 atom stereocenters. The van der Waals surface area contributed by atoms with Gasteiger partial charge in [-0.25, -0.2) is 0 Å². The second kappa shape index (κ2) is 16.8. The predicted octanol–water partition coefficient (Wildman–Crippen LogP) is 10.1. The van der Waals surface area contributed by atoms with Gasteiger partial charge in [0.05, 0.1) is 0 Å². The third-order valence-corrected chi connectivity index (χ3v) is 24.1. The van der Waals surface area contributed by atoms with Gasteiger partial charge in [-0.3, -0.25) is 0 Å². The molecule has 0 N–H and O–H groups in total. The van der Waals surface area contributed by atoms with Gasteiger partial charge in [-0.05, 0) is 0 Å². The van der Waals surface area contributed by atoms with Gasteiger partial charge < -0.3 is 24.8 Å². The minimum Gasteiger partial charge on any atom is -1.00 e. The topological polar surface area (TPSA) is 26.3 Å². The first-order valence-corrected chi connectivity index (χ1v) is 26.2. The van der Waals surface area contributed by atoms with E-state index in [0.29, 0.717) is 7.25 Å². The van der Waals surface area contributed by atoms with E-state index in [-0.39, 0.29) is 35.6 Å². The van der Waals surface area contributed by atoms with Crippen molar-refractivity contribution >= 4 is 23.3 Å². The summed E-state index contributed by atoms with van der Waals surface area (Å²) in [5, 5.41) is 0. The number of hydrogen-bond acceptors (Lipinski definition) is 2. The third-order valence-electron chi connectivity index (χ3n) is 14.1. The summed E-state index contributed by atoms with van der Waals surface area (Å²) in [6.07, 6.45) is 9.09. The van der Waals surface area contributed by atoms with Crippen molar-refractivity contribution in [3.05, 3.63) is 164 Å². The zero-order valence-electron chi connectivity index (χ0n) is 38.2. The average Bonchev–Trinajstić information content (AvgIpc) is 3.96. The number of rotatable bonds is 7. The van der Waals surface area contributed by atoms with Crippen molar-refractivity contribution in [1.82, 2.24) is 0 Å². The summed E-state index contributed by atoms with van der Waals surface area (Å²) in [5.41, 5.74) is 22.5. The normalized spacial score (nSPS) is 17.2. The second-order valence-corrected chi connectivity index (χ2v) is 27.4. The van der Waals surface area contributed by atoms with E-state index in [0.717, 1.165) is 26.7 Å². The Morgan fingerprint density at radius 2 is 0.885 bits per heavy atom. The van der Waals surface area contributed by atoms with Crippen LogP contribution in [0, 0.1) is 41.5 Å². The Bertz CT molecular complexity index is 2490. The molecule has 0 radical (unpaired) electrons. The van der Waals surface area contributed by atoms with Crippen molar-refractivity contribution < 1.29 is 55.4 Å². The van der Waals surface area contributed by atoms with E-state index in [1.165, 1.54) is 108 Å². The Balaban J connectivity index is 0.00000281. The van der Waals surface area contributed by atoms with Crippen molar-refractivity contribution in [2.24, 2.45) is 0 Å². The van der Waals surface area contributed by atoms with Gasteiger partial charge in [0.15, 0.2) is 0 Å². The Labute approximate surface area is 385 Å². The van der Waals surface area contributed by atoms with Crippen LogP contribution in [0.2, 0.25) is 3.63 Å². The van der Waals surface area contributed by atoms with Crippen LogP contribution in [-0.2, 0) is 32.6 Å². The Morgan fingerprint density at radius 1 is 0.508 bits per heavy atom. The minimum atomic E-state index is -2.78. The first kappa shape index (κ1) is 45.4. The first-order chi connectivity index (χ1) is 28.0. The molecule has 3 aliphatic rings. The van der Waals surface area contributed by atoms with Crippen LogP contribution in [-0.4, -0.2) is 0 Å². The van der Waals surface area contributed by atoms with E-state index < -0.39 is 21.8 Å². The summed E-state index contributed by atoms with van der Waals surface area (Å²) < 4.78 is 14.8. The number of allylic oxidation sites excluding steroid dienone is 2. The largest absolute Gasteiger partial charge is 1.00 e. The van der Waals surface area contributed by atoms with E-state index in [1.807, 2.05) is 0 Å². The van der Waals surface area contributed by atoms with E-state index >= 15 is 0 Å². The molecule has 2 aromatic heterocycles. The predicted molar refractivity (Wildman–Crippen MR) is 246 cm³/mol. The van der Waals surface area contributed by atoms with Gasteiger partial charge in [0.1, 0.15) is 0 Å². The maximum Gasteiger partial charge on any atom is -1.00 e. The molecule has 1 fully saturated rings. The van der Waals surface area contributed by atoms with Crippen LogP contribution in [0.15, 0.2) is 93.8 Å². The zero-order chi connectivity index (χ0) is 41.7. The maximum atomic E-state index is 6.69. The van der Waals surface area contributed by atoms with E-state index in [2.05, 4.69) is 180 Å². The van der Waals surface area contributed by atoms with E-state index in [9.17, 15) is 0 Å². The summed E-state index contributed by atoms with van der Waals surface area (Å²) in [6.45, 7) is 27.4. The number of fused-ring (bicyclic) bond motifs is 2. The van der Waals surface area contributed by atoms with Crippen LogP contribution in [0.5, 0.6) is 0 Å². The molecule has 1 saturated carbocycles. The summed E-state index contributed by atoms with van der Waals surface area (Å²) in [6, 6.07) is 32.9.